The van der Waals surface area contributed by atoms with Crippen LogP contribution in [0.15, 0.2) is 0 Å². The monoisotopic (exact) mass is 124 g/mol. The zero-order chi connectivity index (χ0) is 5.21. The summed E-state index contributed by atoms with van der Waals surface area (Å²) in [4.78, 5) is 8.83. The van der Waals surface area contributed by atoms with Crippen molar-refractivity contribution in [1.82, 2.24) is 0 Å². The Balaban J connectivity index is 3.17. The second-order valence-electron chi connectivity index (χ2n) is 1.95. The van der Waals surface area contributed by atoms with Gasteiger partial charge in [-0.15, -0.1) is 11.6 Å². The molecule has 0 fully saturated rings. The summed E-state index contributed by atoms with van der Waals surface area (Å²) in [5, 5.41) is 0. The lowest BCUT2D eigenvalue weighted by Gasteiger charge is -2.05. The van der Waals surface area contributed by atoms with Gasteiger partial charge in [-0.05, 0) is 13.1 Å². The van der Waals surface area contributed by atoms with Crippen molar-refractivity contribution in [2.24, 2.45) is 0 Å². The molecule has 0 bridgehead atoms. The lowest BCUT2D eigenvalue weighted by Crippen LogP contribution is -2.27. The molecule has 6 heavy (non-hydrogen) atoms. The van der Waals surface area contributed by atoms with Crippen LogP contribution in [-0.4, -0.2) is 18.6 Å². The van der Waals surface area contributed by atoms with E-state index in [1.807, 2.05) is 0 Å². The van der Waals surface area contributed by atoms with E-state index in [0.29, 0.717) is 5.50 Å². The number of rotatable bonds is 1. The highest BCUT2D eigenvalue weighted by atomic mass is 35.5. The van der Waals surface area contributed by atoms with Gasteiger partial charge in [0.05, 0.1) is 0 Å². The molecule has 0 atom stereocenters. The van der Waals surface area contributed by atoms with Crippen molar-refractivity contribution in [2.75, 3.05) is 5.50 Å². The molecule has 0 aromatic carbocycles. The second kappa shape index (κ2) is 1.96. The minimum atomic E-state index is -1.87. The van der Waals surface area contributed by atoms with E-state index >= 15 is 0 Å². The molecule has 0 amide bonds. The highest BCUT2D eigenvalue weighted by Gasteiger charge is 2.12. The van der Waals surface area contributed by atoms with Gasteiger partial charge in [-0.25, -0.2) is 0 Å². The van der Waals surface area contributed by atoms with Crippen molar-refractivity contribution in [3.63, 3.8) is 0 Å². The first-order valence-electron chi connectivity index (χ1n) is 1.84. The third kappa shape index (κ3) is 4.47. The molecule has 0 saturated carbocycles. The first-order chi connectivity index (χ1) is 2.56. The van der Waals surface area contributed by atoms with Crippen LogP contribution in [0.1, 0.15) is 0 Å². The summed E-state index contributed by atoms with van der Waals surface area (Å²) in [6.07, 6.45) is 0. The van der Waals surface area contributed by atoms with Crippen LogP contribution < -0.4 is 0 Å². The Morgan fingerprint density at radius 1 is 1.67 bits per heavy atom. The Hall–Kier alpha value is 0.467. The molecule has 0 rings (SSSR count). The first kappa shape index (κ1) is 6.47. The van der Waals surface area contributed by atoms with Crippen molar-refractivity contribution in [1.29, 1.82) is 0 Å². The molecule has 0 aliphatic heterocycles. The van der Waals surface area contributed by atoms with E-state index in [9.17, 15) is 0 Å². The summed E-state index contributed by atoms with van der Waals surface area (Å²) in [6.45, 7) is 3.61. The summed E-state index contributed by atoms with van der Waals surface area (Å²) >= 11 is 5.29. The van der Waals surface area contributed by atoms with Gasteiger partial charge in [0.25, 0.3) is 0 Å². The lowest BCUT2D eigenvalue weighted by molar-refractivity contribution is 0.559. The Kier molecular flexibility index (Phi) is 2.11. The predicted octanol–water partition coefficient (Wildman–Crippen LogP) is 0.962. The van der Waals surface area contributed by atoms with E-state index in [2.05, 4.69) is 0 Å². The van der Waals surface area contributed by atoms with Crippen molar-refractivity contribution in [2.45, 2.75) is 13.1 Å². The van der Waals surface area contributed by atoms with E-state index in [1.165, 1.54) is 0 Å². The van der Waals surface area contributed by atoms with Crippen LogP contribution in [0.25, 0.3) is 0 Å². The van der Waals surface area contributed by atoms with Crippen LogP contribution in [0.5, 0.6) is 0 Å². The molecule has 0 aliphatic carbocycles. The van der Waals surface area contributed by atoms with E-state index in [1.54, 1.807) is 13.1 Å². The summed E-state index contributed by atoms with van der Waals surface area (Å²) in [5.41, 5.74) is 0.438. The molecule has 0 saturated heterocycles. The van der Waals surface area contributed by atoms with Gasteiger partial charge in [-0.2, -0.15) is 0 Å². The summed E-state index contributed by atoms with van der Waals surface area (Å²) < 4.78 is 0. The summed E-state index contributed by atoms with van der Waals surface area (Å²) in [7, 11) is -1.87. The molecular formula is C3H9ClOSi. The molecule has 0 aromatic rings. The van der Waals surface area contributed by atoms with Gasteiger partial charge >= 0.3 is 0 Å². The maximum absolute atomic E-state index is 8.83. The molecular weight excluding hydrogens is 116 g/mol. The second-order valence-corrected chi connectivity index (χ2v) is 6.64. The van der Waals surface area contributed by atoms with Gasteiger partial charge in [-0.3, -0.25) is 0 Å². The maximum Gasteiger partial charge on any atom is 0.197 e. The maximum atomic E-state index is 8.83. The number of hydrogen-bond acceptors (Lipinski definition) is 1. The largest absolute Gasteiger partial charge is 0.431 e. The Morgan fingerprint density at radius 2 is 1.83 bits per heavy atom. The highest BCUT2D eigenvalue weighted by Crippen LogP contribution is 1.95. The number of hydrogen-bond donors (Lipinski definition) is 1. The van der Waals surface area contributed by atoms with Gasteiger partial charge < -0.3 is 4.80 Å². The average Bonchev–Trinajstić information content (AvgIpc) is 1.35. The molecule has 0 aromatic heterocycles. The van der Waals surface area contributed by atoms with Gasteiger partial charge in [0.1, 0.15) is 0 Å². The molecule has 3 heteroatoms. The summed E-state index contributed by atoms with van der Waals surface area (Å²) in [6, 6.07) is 0. The standard InChI is InChI=1S/C3H9ClOSi/c1-6(2,5)3-4/h5H,3H2,1-2H3. The fourth-order valence-electron chi connectivity index (χ4n) is 0. The third-order valence-electron chi connectivity index (χ3n) is 0.327. The topological polar surface area (TPSA) is 20.2 Å². The quantitative estimate of drug-likeness (QED) is 0.408. The van der Waals surface area contributed by atoms with E-state index in [0.717, 1.165) is 0 Å². The van der Waals surface area contributed by atoms with Gasteiger partial charge in [0.2, 0.25) is 0 Å². The average molecular weight is 125 g/mol. The first-order valence-corrected chi connectivity index (χ1v) is 5.53. The fraction of sp³-hybridized carbons (Fsp3) is 1.00. The SMILES string of the molecule is C[Si](C)(O)CCl. The fourth-order valence-corrected chi connectivity index (χ4v) is 0. The minimum absolute atomic E-state index is 0.438. The Labute approximate surface area is 44.1 Å². The molecule has 0 unspecified atom stereocenters. The molecule has 0 spiro atoms. The highest BCUT2D eigenvalue weighted by molar-refractivity contribution is 6.76. The molecule has 1 nitrogen and oxygen atoms in total. The molecule has 1 N–H and O–H groups in total. The molecule has 0 aliphatic rings. The number of halogens is 1. The van der Waals surface area contributed by atoms with E-state index in [4.69, 9.17) is 16.4 Å². The van der Waals surface area contributed by atoms with Gasteiger partial charge in [-0.1, -0.05) is 0 Å². The Bertz CT molecular complexity index is 40.5. The third-order valence-corrected chi connectivity index (χ3v) is 2.94. The predicted molar refractivity (Wildman–Crippen MR) is 30.4 cm³/mol. The lowest BCUT2D eigenvalue weighted by atomic mass is 11.8. The van der Waals surface area contributed by atoms with Crippen LogP contribution in [0.2, 0.25) is 13.1 Å². The van der Waals surface area contributed by atoms with Crippen molar-refractivity contribution in [3.8, 4) is 0 Å². The van der Waals surface area contributed by atoms with Crippen molar-refractivity contribution < 1.29 is 4.80 Å². The normalized spacial score (nSPS) is 12.0. The van der Waals surface area contributed by atoms with Crippen LogP contribution in [0.3, 0.4) is 0 Å². The minimum Gasteiger partial charge on any atom is -0.431 e. The summed E-state index contributed by atoms with van der Waals surface area (Å²) in [5.74, 6) is 0. The zero-order valence-electron chi connectivity index (χ0n) is 4.03. The van der Waals surface area contributed by atoms with E-state index < -0.39 is 8.32 Å². The smallest absolute Gasteiger partial charge is 0.197 e. The van der Waals surface area contributed by atoms with Crippen LogP contribution >= 0.6 is 11.6 Å². The van der Waals surface area contributed by atoms with E-state index in [-0.39, 0.29) is 0 Å². The molecule has 38 valence electrons. The van der Waals surface area contributed by atoms with Crippen LogP contribution in [0.4, 0.5) is 0 Å². The molecule has 0 heterocycles. The zero-order valence-corrected chi connectivity index (χ0v) is 5.79. The van der Waals surface area contributed by atoms with Gasteiger partial charge in [0, 0.05) is 5.50 Å². The van der Waals surface area contributed by atoms with Gasteiger partial charge in [0.15, 0.2) is 8.32 Å². The van der Waals surface area contributed by atoms with Crippen molar-refractivity contribution in [3.05, 3.63) is 0 Å². The van der Waals surface area contributed by atoms with Crippen LogP contribution in [-0.2, 0) is 0 Å². The van der Waals surface area contributed by atoms with Crippen molar-refractivity contribution >= 4 is 19.9 Å². The van der Waals surface area contributed by atoms with Crippen LogP contribution in [0, 0.1) is 0 Å². The Morgan fingerprint density at radius 3 is 1.83 bits per heavy atom. The molecule has 0 radical (unpaired) electrons. The number of alkyl halides is 1.